The first-order valence-corrected chi connectivity index (χ1v) is 6.80. The highest BCUT2D eigenvalue weighted by Gasteiger charge is 2.21. The molecule has 0 aliphatic carbocycles. The Kier molecular flexibility index (Phi) is 6.65. The third-order valence-corrected chi connectivity index (χ3v) is 3.45. The maximum absolute atomic E-state index is 10.3. The number of nitrogens with one attached hydrogen (secondary N) is 1. The lowest BCUT2D eigenvalue weighted by atomic mass is 9.99. The van der Waals surface area contributed by atoms with Crippen molar-refractivity contribution in [2.45, 2.75) is 44.9 Å². The van der Waals surface area contributed by atoms with E-state index in [0.29, 0.717) is 5.02 Å². The van der Waals surface area contributed by atoms with Gasteiger partial charge in [-0.1, -0.05) is 37.6 Å². The molecule has 102 valence electrons. The molecule has 1 rings (SSSR count). The van der Waals surface area contributed by atoms with Gasteiger partial charge in [0.1, 0.15) is 0 Å². The fourth-order valence-corrected chi connectivity index (χ4v) is 2.05. The van der Waals surface area contributed by atoms with E-state index in [0.717, 1.165) is 18.4 Å². The van der Waals surface area contributed by atoms with Crippen LogP contribution in [0.1, 0.15) is 38.4 Å². The number of halogens is 1. The second-order valence-corrected chi connectivity index (χ2v) is 4.90. The predicted octanol–water partition coefficient (Wildman–Crippen LogP) is 2.51. The van der Waals surface area contributed by atoms with E-state index in [1.807, 2.05) is 26.0 Å². The van der Waals surface area contributed by atoms with Crippen LogP contribution in [0.3, 0.4) is 0 Å². The topological polar surface area (TPSA) is 52.5 Å². The molecule has 0 heterocycles. The molecule has 0 aromatic heterocycles. The molecule has 0 amide bonds. The Bertz CT molecular complexity index is 338. The summed E-state index contributed by atoms with van der Waals surface area (Å²) < 4.78 is 0. The van der Waals surface area contributed by atoms with Crippen molar-refractivity contribution in [3.05, 3.63) is 34.9 Å². The van der Waals surface area contributed by atoms with Gasteiger partial charge in [-0.05, 0) is 30.5 Å². The predicted molar refractivity (Wildman–Crippen MR) is 74.8 cm³/mol. The Morgan fingerprint density at radius 1 is 1.17 bits per heavy atom. The third kappa shape index (κ3) is 4.25. The fraction of sp³-hybridized carbons (Fsp3) is 0.571. The van der Waals surface area contributed by atoms with Crippen LogP contribution in [0, 0.1) is 0 Å². The molecular weight excluding hydrogens is 250 g/mol. The molecule has 18 heavy (non-hydrogen) atoms. The zero-order valence-electron chi connectivity index (χ0n) is 10.9. The number of hydrogen-bond donors (Lipinski definition) is 3. The Hall–Kier alpha value is -0.610. The van der Waals surface area contributed by atoms with E-state index in [2.05, 4.69) is 5.32 Å². The molecule has 4 heteroatoms. The molecule has 3 N–H and O–H groups in total. The van der Waals surface area contributed by atoms with Crippen molar-refractivity contribution in [1.29, 1.82) is 0 Å². The monoisotopic (exact) mass is 271 g/mol. The van der Waals surface area contributed by atoms with Crippen molar-refractivity contribution in [3.8, 4) is 0 Å². The van der Waals surface area contributed by atoms with Gasteiger partial charge in [0.15, 0.2) is 0 Å². The standard InChI is InChI=1S/C14H22ClNO2/c1-3-12(9-17)16-13(4-2)14(18)10-5-7-11(15)8-6-10/h5-8,12-14,16-18H,3-4,9H2,1-2H3. The molecular formula is C14H22ClNO2. The van der Waals surface area contributed by atoms with Crippen LogP contribution in [-0.4, -0.2) is 28.9 Å². The summed E-state index contributed by atoms with van der Waals surface area (Å²) in [5.41, 5.74) is 0.839. The molecule has 0 aliphatic rings. The molecule has 0 saturated carbocycles. The Balaban J connectivity index is 2.72. The van der Waals surface area contributed by atoms with Gasteiger partial charge >= 0.3 is 0 Å². The van der Waals surface area contributed by atoms with Crippen LogP contribution in [0.5, 0.6) is 0 Å². The lowest BCUT2D eigenvalue weighted by molar-refractivity contribution is 0.109. The first kappa shape index (κ1) is 15.4. The van der Waals surface area contributed by atoms with Gasteiger partial charge in [-0.2, -0.15) is 0 Å². The lowest BCUT2D eigenvalue weighted by Gasteiger charge is -2.27. The number of benzene rings is 1. The summed E-state index contributed by atoms with van der Waals surface area (Å²) in [6.45, 7) is 4.11. The quantitative estimate of drug-likeness (QED) is 0.714. The molecule has 0 aliphatic heterocycles. The van der Waals surface area contributed by atoms with Crippen molar-refractivity contribution in [2.75, 3.05) is 6.61 Å². The summed E-state index contributed by atoms with van der Waals surface area (Å²) in [6, 6.07) is 7.17. The first-order valence-electron chi connectivity index (χ1n) is 6.42. The normalized spacial score (nSPS) is 16.3. The Morgan fingerprint density at radius 3 is 2.22 bits per heavy atom. The second-order valence-electron chi connectivity index (χ2n) is 4.47. The molecule has 0 saturated heterocycles. The molecule has 0 fully saturated rings. The maximum Gasteiger partial charge on any atom is 0.0942 e. The van der Waals surface area contributed by atoms with E-state index in [9.17, 15) is 10.2 Å². The van der Waals surface area contributed by atoms with E-state index < -0.39 is 6.10 Å². The zero-order valence-corrected chi connectivity index (χ0v) is 11.7. The Labute approximate surface area is 114 Å². The van der Waals surface area contributed by atoms with Gasteiger partial charge in [0.25, 0.3) is 0 Å². The third-order valence-electron chi connectivity index (χ3n) is 3.20. The van der Waals surface area contributed by atoms with Crippen LogP contribution >= 0.6 is 11.6 Å². The van der Waals surface area contributed by atoms with Crippen LogP contribution in [0.2, 0.25) is 5.02 Å². The highest BCUT2D eigenvalue weighted by Crippen LogP contribution is 2.21. The van der Waals surface area contributed by atoms with E-state index in [1.54, 1.807) is 12.1 Å². The molecule has 3 unspecified atom stereocenters. The summed E-state index contributed by atoms with van der Waals surface area (Å²) in [4.78, 5) is 0. The number of rotatable bonds is 7. The number of aliphatic hydroxyl groups excluding tert-OH is 2. The highest BCUT2D eigenvalue weighted by atomic mass is 35.5. The smallest absolute Gasteiger partial charge is 0.0942 e. The van der Waals surface area contributed by atoms with Crippen molar-refractivity contribution in [3.63, 3.8) is 0 Å². The van der Waals surface area contributed by atoms with E-state index in [1.165, 1.54) is 0 Å². The first-order chi connectivity index (χ1) is 8.62. The molecule has 0 radical (unpaired) electrons. The van der Waals surface area contributed by atoms with E-state index in [4.69, 9.17) is 11.6 Å². The van der Waals surface area contributed by atoms with Crippen molar-refractivity contribution >= 4 is 11.6 Å². The fourth-order valence-electron chi connectivity index (χ4n) is 1.93. The van der Waals surface area contributed by atoms with Gasteiger partial charge in [-0.3, -0.25) is 0 Å². The maximum atomic E-state index is 10.3. The van der Waals surface area contributed by atoms with Crippen LogP contribution < -0.4 is 5.32 Å². The molecule has 0 spiro atoms. The zero-order chi connectivity index (χ0) is 13.5. The van der Waals surface area contributed by atoms with Gasteiger partial charge in [-0.15, -0.1) is 0 Å². The summed E-state index contributed by atoms with van der Waals surface area (Å²) in [6.07, 6.45) is 1.04. The lowest BCUT2D eigenvalue weighted by Crippen LogP contribution is -2.43. The average molecular weight is 272 g/mol. The van der Waals surface area contributed by atoms with Crippen molar-refractivity contribution in [2.24, 2.45) is 0 Å². The molecule has 0 bridgehead atoms. The van der Waals surface area contributed by atoms with Gasteiger partial charge in [0, 0.05) is 17.1 Å². The minimum absolute atomic E-state index is 0.0249. The highest BCUT2D eigenvalue weighted by molar-refractivity contribution is 6.30. The molecule has 3 nitrogen and oxygen atoms in total. The summed E-state index contributed by atoms with van der Waals surface area (Å²) in [7, 11) is 0. The van der Waals surface area contributed by atoms with Gasteiger partial charge in [0.2, 0.25) is 0 Å². The second kappa shape index (κ2) is 7.74. The van der Waals surface area contributed by atoms with E-state index >= 15 is 0 Å². The van der Waals surface area contributed by atoms with Crippen LogP contribution in [0.4, 0.5) is 0 Å². The van der Waals surface area contributed by atoms with Crippen LogP contribution in [0.15, 0.2) is 24.3 Å². The van der Waals surface area contributed by atoms with Crippen molar-refractivity contribution < 1.29 is 10.2 Å². The number of aliphatic hydroxyl groups is 2. The van der Waals surface area contributed by atoms with Gasteiger partial charge in [0.05, 0.1) is 12.7 Å². The average Bonchev–Trinajstić information content (AvgIpc) is 2.40. The molecule has 1 aromatic rings. The van der Waals surface area contributed by atoms with Gasteiger partial charge < -0.3 is 15.5 Å². The molecule has 3 atom stereocenters. The summed E-state index contributed by atoms with van der Waals surface area (Å²) >= 11 is 5.83. The SMILES string of the molecule is CCC(CO)NC(CC)C(O)c1ccc(Cl)cc1. The van der Waals surface area contributed by atoms with Crippen molar-refractivity contribution in [1.82, 2.24) is 5.32 Å². The summed E-state index contributed by atoms with van der Waals surface area (Å²) in [5.74, 6) is 0. The molecule has 1 aromatic carbocycles. The Morgan fingerprint density at radius 2 is 1.78 bits per heavy atom. The van der Waals surface area contributed by atoms with Crippen LogP contribution in [0.25, 0.3) is 0 Å². The number of hydrogen-bond acceptors (Lipinski definition) is 3. The van der Waals surface area contributed by atoms with Gasteiger partial charge in [-0.25, -0.2) is 0 Å². The minimum atomic E-state index is -0.590. The summed E-state index contributed by atoms with van der Waals surface area (Å²) in [5, 5.41) is 23.5. The van der Waals surface area contributed by atoms with E-state index in [-0.39, 0.29) is 18.7 Å². The van der Waals surface area contributed by atoms with Crippen LogP contribution in [-0.2, 0) is 0 Å². The largest absolute Gasteiger partial charge is 0.395 e. The minimum Gasteiger partial charge on any atom is -0.395 e.